The number of thiazole rings is 1. The van der Waals surface area contributed by atoms with Crippen molar-refractivity contribution in [3.8, 4) is 5.75 Å². The van der Waals surface area contributed by atoms with Crippen LogP contribution in [-0.4, -0.2) is 22.8 Å². The van der Waals surface area contributed by atoms with Crippen LogP contribution in [0.15, 0.2) is 74.1 Å². The summed E-state index contributed by atoms with van der Waals surface area (Å²) < 4.78 is 7.68. The van der Waals surface area contributed by atoms with E-state index in [0.717, 1.165) is 10.0 Å². The van der Waals surface area contributed by atoms with E-state index < -0.39 is 12.0 Å². The number of rotatable bonds is 3. The molecule has 8 heteroatoms. The number of phenols is 1. The van der Waals surface area contributed by atoms with Crippen LogP contribution in [-0.2, 0) is 9.53 Å². The Hall–Kier alpha value is -2.97. The van der Waals surface area contributed by atoms with Crippen molar-refractivity contribution >= 4 is 39.3 Å². The van der Waals surface area contributed by atoms with Crippen LogP contribution in [0.4, 0.5) is 0 Å². The highest BCUT2D eigenvalue weighted by atomic mass is 79.9. The van der Waals surface area contributed by atoms with Gasteiger partial charge in [0.2, 0.25) is 0 Å². The minimum absolute atomic E-state index is 0.0649. The average molecular weight is 485 g/mol. The molecule has 30 heavy (non-hydrogen) atoms. The van der Waals surface area contributed by atoms with E-state index in [1.807, 2.05) is 30.3 Å². The van der Waals surface area contributed by atoms with Gasteiger partial charge in [-0.1, -0.05) is 57.6 Å². The molecule has 1 atom stereocenters. The number of hydrogen-bond donors (Lipinski definition) is 1. The van der Waals surface area contributed by atoms with Crippen LogP contribution < -0.4 is 14.9 Å². The Labute approximate surface area is 184 Å². The summed E-state index contributed by atoms with van der Waals surface area (Å²) in [6.07, 6.45) is 1.63. The number of carbonyl (C=O) groups excluding carboxylic acids is 1. The van der Waals surface area contributed by atoms with Crippen molar-refractivity contribution in [2.75, 3.05) is 7.11 Å². The molecular weight excluding hydrogens is 468 g/mol. The number of fused-ring (bicyclic) bond motifs is 1. The van der Waals surface area contributed by atoms with E-state index in [2.05, 4.69) is 20.9 Å². The number of aromatic hydroxyl groups is 1. The van der Waals surface area contributed by atoms with Crippen LogP contribution >= 0.6 is 27.3 Å². The maximum absolute atomic E-state index is 13.4. The molecule has 152 valence electrons. The zero-order chi connectivity index (χ0) is 21.4. The Morgan fingerprint density at radius 3 is 2.70 bits per heavy atom. The number of aromatic nitrogens is 1. The zero-order valence-electron chi connectivity index (χ0n) is 16.1. The minimum Gasteiger partial charge on any atom is -0.507 e. The molecule has 0 saturated carbocycles. The minimum atomic E-state index is -0.645. The van der Waals surface area contributed by atoms with E-state index in [0.29, 0.717) is 26.2 Å². The van der Waals surface area contributed by atoms with Gasteiger partial charge in [-0.15, -0.1) is 0 Å². The molecular formula is C22H17BrN2O4S. The molecule has 2 heterocycles. The lowest BCUT2D eigenvalue weighted by molar-refractivity contribution is -0.136. The number of hydrogen-bond acceptors (Lipinski definition) is 6. The number of benzene rings is 2. The number of carbonyl (C=O) groups is 1. The van der Waals surface area contributed by atoms with Crippen molar-refractivity contribution in [1.82, 2.24) is 4.57 Å². The predicted molar refractivity (Wildman–Crippen MR) is 118 cm³/mol. The topological polar surface area (TPSA) is 80.9 Å². The summed E-state index contributed by atoms with van der Waals surface area (Å²) in [5.41, 5.74) is 1.84. The van der Waals surface area contributed by atoms with Crippen LogP contribution in [0.2, 0.25) is 0 Å². The maximum atomic E-state index is 13.4. The van der Waals surface area contributed by atoms with Gasteiger partial charge in [-0.25, -0.2) is 9.79 Å². The molecule has 2 aromatic carbocycles. The molecule has 0 spiro atoms. The SMILES string of the molecule is COC(=O)C1=C(C)N=c2s/c(=C\c3cc(Br)ccc3O)c(=O)n2[C@@H]1c1ccccc1. The molecule has 0 amide bonds. The van der Waals surface area contributed by atoms with E-state index in [1.54, 1.807) is 31.2 Å². The van der Waals surface area contributed by atoms with E-state index in [4.69, 9.17) is 4.74 Å². The van der Waals surface area contributed by atoms with Crippen LogP contribution in [0.3, 0.4) is 0 Å². The number of esters is 1. The van der Waals surface area contributed by atoms with Gasteiger partial charge in [0.1, 0.15) is 5.75 Å². The fraction of sp³-hybridized carbons (Fsp3) is 0.136. The Morgan fingerprint density at radius 2 is 2.00 bits per heavy atom. The van der Waals surface area contributed by atoms with Crippen LogP contribution in [0.25, 0.3) is 6.08 Å². The van der Waals surface area contributed by atoms with Crippen molar-refractivity contribution < 1.29 is 14.6 Å². The third-order valence-corrected chi connectivity index (χ3v) is 6.29. The van der Waals surface area contributed by atoms with Gasteiger partial charge in [-0.2, -0.15) is 0 Å². The lowest BCUT2D eigenvalue weighted by Crippen LogP contribution is -2.39. The van der Waals surface area contributed by atoms with Gasteiger partial charge in [0.25, 0.3) is 5.56 Å². The zero-order valence-corrected chi connectivity index (χ0v) is 18.5. The second-order valence-corrected chi connectivity index (χ2v) is 8.61. The van der Waals surface area contributed by atoms with Gasteiger partial charge < -0.3 is 9.84 Å². The molecule has 0 fully saturated rings. The van der Waals surface area contributed by atoms with Gasteiger partial charge in [-0.05, 0) is 36.8 Å². The molecule has 1 aliphatic heterocycles. The quantitative estimate of drug-likeness (QED) is 0.579. The summed E-state index contributed by atoms with van der Waals surface area (Å²) in [7, 11) is 1.31. The first-order valence-corrected chi connectivity index (χ1v) is 10.7. The van der Waals surface area contributed by atoms with Crippen molar-refractivity contribution in [3.63, 3.8) is 0 Å². The number of allylic oxidation sites excluding steroid dienone is 1. The largest absolute Gasteiger partial charge is 0.507 e. The van der Waals surface area contributed by atoms with Crippen molar-refractivity contribution in [1.29, 1.82) is 0 Å². The summed E-state index contributed by atoms with van der Waals surface area (Å²) in [5, 5.41) is 10.2. The third-order valence-electron chi connectivity index (χ3n) is 4.82. The summed E-state index contributed by atoms with van der Waals surface area (Å²) >= 11 is 4.59. The molecule has 0 radical (unpaired) electrons. The first-order valence-electron chi connectivity index (χ1n) is 9.05. The highest BCUT2D eigenvalue weighted by molar-refractivity contribution is 9.10. The standard InChI is InChI=1S/C22H17BrN2O4S/c1-12-18(21(28)29-2)19(13-6-4-3-5-7-13)25-20(27)17(30-22(25)24-12)11-14-10-15(23)8-9-16(14)26/h3-11,19,26H,1-2H3/b17-11-/t19-/m1/s1. The highest BCUT2D eigenvalue weighted by Crippen LogP contribution is 2.30. The summed E-state index contributed by atoms with van der Waals surface area (Å²) in [4.78, 5) is 30.9. The smallest absolute Gasteiger partial charge is 0.338 e. The molecule has 0 saturated heterocycles. The Morgan fingerprint density at radius 1 is 1.27 bits per heavy atom. The number of halogens is 1. The highest BCUT2D eigenvalue weighted by Gasteiger charge is 2.32. The van der Waals surface area contributed by atoms with Gasteiger partial charge in [0.15, 0.2) is 4.80 Å². The third kappa shape index (κ3) is 3.53. The Kier molecular flexibility index (Phi) is 5.44. The van der Waals surface area contributed by atoms with Gasteiger partial charge >= 0.3 is 5.97 Å². The van der Waals surface area contributed by atoms with Gasteiger partial charge in [0.05, 0.1) is 29.0 Å². The molecule has 1 N–H and O–H groups in total. The lowest BCUT2D eigenvalue weighted by Gasteiger charge is -2.24. The second kappa shape index (κ2) is 8.04. The molecule has 1 aliphatic rings. The molecule has 0 unspecified atom stereocenters. The molecule has 0 bridgehead atoms. The van der Waals surface area contributed by atoms with Gasteiger partial charge in [0, 0.05) is 10.0 Å². The van der Waals surface area contributed by atoms with Crippen molar-refractivity contribution in [2.45, 2.75) is 13.0 Å². The molecule has 1 aromatic heterocycles. The normalized spacial score (nSPS) is 16.2. The number of methoxy groups -OCH3 is 1. The summed E-state index contributed by atoms with van der Waals surface area (Å²) in [6, 6.07) is 13.7. The van der Waals surface area contributed by atoms with E-state index in [-0.39, 0.29) is 11.3 Å². The van der Waals surface area contributed by atoms with E-state index in [1.165, 1.54) is 23.0 Å². The summed E-state index contributed by atoms with van der Waals surface area (Å²) in [5.74, 6) is -0.459. The molecule has 4 rings (SSSR count). The second-order valence-electron chi connectivity index (χ2n) is 6.69. The Balaban J connectivity index is 2.00. The van der Waals surface area contributed by atoms with Crippen LogP contribution in [0.1, 0.15) is 24.1 Å². The molecule has 0 aliphatic carbocycles. The van der Waals surface area contributed by atoms with Crippen LogP contribution in [0, 0.1) is 0 Å². The molecule has 3 aromatic rings. The average Bonchev–Trinajstić information content (AvgIpc) is 3.04. The van der Waals surface area contributed by atoms with Gasteiger partial charge in [-0.3, -0.25) is 9.36 Å². The van der Waals surface area contributed by atoms with E-state index in [9.17, 15) is 14.7 Å². The first kappa shape index (κ1) is 20.3. The van der Waals surface area contributed by atoms with Crippen molar-refractivity contribution in [3.05, 3.63) is 95.1 Å². The monoisotopic (exact) mass is 484 g/mol. The summed E-state index contributed by atoms with van der Waals surface area (Å²) in [6.45, 7) is 1.74. The number of nitrogens with zero attached hydrogens (tertiary/aromatic N) is 2. The molecule has 6 nitrogen and oxygen atoms in total. The predicted octanol–water partition coefficient (Wildman–Crippen LogP) is 2.88. The van der Waals surface area contributed by atoms with Crippen LogP contribution in [0.5, 0.6) is 5.75 Å². The van der Waals surface area contributed by atoms with E-state index >= 15 is 0 Å². The maximum Gasteiger partial charge on any atom is 0.338 e. The van der Waals surface area contributed by atoms with Crippen molar-refractivity contribution in [2.24, 2.45) is 4.99 Å². The Bertz CT molecular complexity index is 1360. The fourth-order valence-corrected chi connectivity index (χ4v) is 4.84. The lowest BCUT2D eigenvalue weighted by atomic mass is 9.96. The fourth-order valence-electron chi connectivity index (χ4n) is 3.43. The number of phenolic OH excluding ortho intramolecular Hbond substituents is 1. The first-order chi connectivity index (χ1) is 14.4. The number of ether oxygens (including phenoxy) is 1.